The maximum atomic E-state index is 13.5. The molecular formula is C28H30FN9O2S2. The van der Waals surface area contributed by atoms with Gasteiger partial charge in [0, 0.05) is 50.7 Å². The van der Waals surface area contributed by atoms with E-state index in [0.717, 1.165) is 54.2 Å². The lowest BCUT2D eigenvalue weighted by molar-refractivity contribution is -0.142. The second-order valence-corrected chi connectivity index (χ2v) is 13.3. The highest BCUT2D eigenvalue weighted by atomic mass is 32.1. The van der Waals surface area contributed by atoms with E-state index >= 15 is 0 Å². The average molecular weight is 608 g/mol. The van der Waals surface area contributed by atoms with Gasteiger partial charge in [0.15, 0.2) is 10.9 Å². The third-order valence-corrected chi connectivity index (χ3v) is 10.4. The van der Waals surface area contributed by atoms with Gasteiger partial charge in [-0.2, -0.15) is 9.78 Å². The summed E-state index contributed by atoms with van der Waals surface area (Å²) in [6, 6.07) is 8.24. The number of β-amino-alcohol motifs (C(OH)–C–C–N with tert-alkyl or cyclic N) is 1. The van der Waals surface area contributed by atoms with Crippen molar-refractivity contribution < 1.29 is 14.3 Å². The SMILES string of the molecule is CCc1nc2sc(N3CC4(CCN(CC(=O)N5CC(O)C5)C4)C3)nn2c1N(C)c1nc(-c2ccc(F)cc2)c(C#N)s1. The molecule has 0 unspecified atom stereocenters. The molecule has 1 spiro atoms. The average Bonchev–Trinajstić information content (AvgIpc) is 3.71. The summed E-state index contributed by atoms with van der Waals surface area (Å²) in [6.45, 7) is 6.95. The van der Waals surface area contributed by atoms with Crippen LogP contribution in [0.2, 0.25) is 0 Å². The molecule has 1 amide bonds. The predicted molar refractivity (Wildman–Crippen MR) is 159 cm³/mol. The minimum Gasteiger partial charge on any atom is -0.389 e. The molecule has 0 atom stereocenters. The monoisotopic (exact) mass is 607 g/mol. The zero-order valence-corrected chi connectivity index (χ0v) is 25.0. The first-order valence-electron chi connectivity index (χ1n) is 14.0. The Bertz CT molecular complexity index is 1700. The summed E-state index contributed by atoms with van der Waals surface area (Å²) in [4.78, 5) is 31.6. The Morgan fingerprint density at radius 3 is 2.67 bits per heavy atom. The number of likely N-dealkylation sites (tertiary alicyclic amines) is 2. The fourth-order valence-electron chi connectivity index (χ4n) is 6.16. The molecule has 3 aromatic heterocycles. The Balaban J connectivity index is 1.08. The predicted octanol–water partition coefficient (Wildman–Crippen LogP) is 2.97. The summed E-state index contributed by atoms with van der Waals surface area (Å²) in [5, 5.41) is 25.8. The number of halogens is 1. The van der Waals surface area contributed by atoms with Crippen molar-refractivity contribution in [1.82, 2.24) is 29.4 Å². The summed E-state index contributed by atoms with van der Waals surface area (Å²) >= 11 is 2.85. The summed E-state index contributed by atoms with van der Waals surface area (Å²) in [5.41, 5.74) is 2.28. The number of hydrogen-bond donors (Lipinski definition) is 1. The number of aliphatic hydroxyl groups excluding tert-OH is 1. The Morgan fingerprint density at radius 1 is 1.21 bits per heavy atom. The van der Waals surface area contributed by atoms with Gasteiger partial charge in [0.2, 0.25) is 16.0 Å². The van der Waals surface area contributed by atoms with Crippen LogP contribution in [0, 0.1) is 22.6 Å². The lowest BCUT2D eigenvalue weighted by atomic mass is 9.79. The number of carbonyl (C=O) groups is 1. The molecule has 3 aliphatic heterocycles. The van der Waals surface area contributed by atoms with Crippen LogP contribution < -0.4 is 9.80 Å². The van der Waals surface area contributed by atoms with E-state index in [1.165, 1.54) is 23.5 Å². The number of carbonyl (C=O) groups excluding carboxylic acids is 1. The van der Waals surface area contributed by atoms with E-state index in [0.29, 0.717) is 47.3 Å². The van der Waals surface area contributed by atoms with Crippen LogP contribution in [0.4, 0.5) is 20.5 Å². The number of aliphatic hydroxyl groups is 1. The number of aromatic nitrogens is 4. The number of fused-ring (bicyclic) bond motifs is 1. The first kappa shape index (κ1) is 27.2. The number of hydrogen-bond acceptors (Lipinski definition) is 11. The van der Waals surface area contributed by atoms with Crippen molar-refractivity contribution in [3.63, 3.8) is 0 Å². The van der Waals surface area contributed by atoms with Crippen molar-refractivity contribution in [3.05, 3.63) is 40.7 Å². The van der Waals surface area contributed by atoms with E-state index in [2.05, 4.69) is 22.8 Å². The van der Waals surface area contributed by atoms with Crippen LogP contribution >= 0.6 is 22.7 Å². The topological polar surface area (TPSA) is 117 Å². The molecule has 3 saturated heterocycles. The zero-order valence-electron chi connectivity index (χ0n) is 23.3. The van der Waals surface area contributed by atoms with E-state index in [4.69, 9.17) is 15.1 Å². The second-order valence-electron chi connectivity index (χ2n) is 11.4. The lowest BCUT2D eigenvalue weighted by Gasteiger charge is -2.48. The van der Waals surface area contributed by atoms with Gasteiger partial charge >= 0.3 is 0 Å². The molecule has 3 fully saturated rings. The highest BCUT2D eigenvalue weighted by Gasteiger charge is 2.49. The van der Waals surface area contributed by atoms with Gasteiger partial charge in [-0.1, -0.05) is 29.6 Å². The van der Waals surface area contributed by atoms with E-state index in [-0.39, 0.29) is 23.2 Å². The number of imidazole rings is 1. The fraction of sp³-hybridized carbons (Fsp3) is 0.464. The third-order valence-electron chi connectivity index (χ3n) is 8.43. The number of thiazole rings is 1. The standard InChI is InChI=1S/C28H30FN9O2S2/c1-3-20-24(34(2)25-32-23(21(10-30)41-25)17-4-6-18(29)7-5-17)38-26(31-20)42-27(33-38)37-15-28(16-37)8-9-35(14-28)13-22(40)36-11-19(39)12-36/h4-7,19,39H,3,8-9,11-16H2,1-2H3. The van der Waals surface area contributed by atoms with Gasteiger partial charge in [-0.25, -0.2) is 14.4 Å². The largest absolute Gasteiger partial charge is 0.389 e. The van der Waals surface area contributed by atoms with Crippen LogP contribution in [0.25, 0.3) is 16.2 Å². The Kier molecular flexibility index (Phi) is 6.65. The first-order chi connectivity index (χ1) is 20.3. The maximum absolute atomic E-state index is 13.5. The minimum atomic E-state index is -0.373. The molecule has 218 valence electrons. The molecule has 0 bridgehead atoms. The summed E-state index contributed by atoms with van der Waals surface area (Å²) in [5.74, 6) is 0.580. The molecule has 0 saturated carbocycles. The van der Waals surface area contributed by atoms with Crippen molar-refractivity contribution in [3.8, 4) is 17.3 Å². The number of nitrogens with zero attached hydrogens (tertiary/aromatic N) is 9. The Morgan fingerprint density at radius 2 is 1.98 bits per heavy atom. The molecule has 0 radical (unpaired) electrons. The number of amides is 1. The van der Waals surface area contributed by atoms with Crippen molar-refractivity contribution in [2.45, 2.75) is 25.9 Å². The molecule has 14 heteroatoms. The van der Waals surface area contributed by atoms with Gasteiger partial charge in [-0.15, -0.1) is 5.10 Å². The quantitative estimate of drug-likeness (QED) is 0.338. The van der Waals surface area contributed by atoms with Gasteiger partial charge in [-0.3, -0.25) is 9.69 Å². The highest BCUT2D eigenvalue weighted by molar-refractivity contribution is 7.20. The van der Waals surface area contributed by atoms with Crippen LogP contribution in [-0.2, 0) is 11.2 Å². The smallest absolute Gasteiger partial charge is 0.236 e. The van der Waals surface area contributed by atoms with Crippen LogP contribution in [0.5, 0.6) is 0 Å². The van der Waals surface area contributed by atoms with Gasteiger partial charge < -0.3 is 19.8 Å². The molecule has 7 rings (SSSR count). The highest BCUT2D eigenvalue weighted by Crippen LogP contribution is 2.44. The maximum Gasteiger partial charge on any atom is 0.236 e. The zero-order chi connectivity index (χ0) is 29.2. The first-order valence-corrected chi connectivity index (χ1v) is 15.6. The van der Waals surface area contributed by atoms with Crippen LogP contribution in [0.15, 0.2) is 24.3 Å². The molecule has 6 heterocycles. The Hall–Kier alpha value is -3.64. The van der Waals surface area contributed by atoms with Gasteiger partial charge in [0.05, 0.1) is 18.3 Å². The minimum absolute atomic E-state index is 0.102. The number of rotatable bonds is 7. The number of anilines is 3. The molecule has 1 aromatic carbocycles. The van der Waals surface area contributed by atoms with Gasteiger partial charge in [0.1, 0.15) is 22.5 Å². The van der Waals surface area contributed by atoms with Crippen LogP contribution in [0.3, 0.4) is 0 Å². The molecule has 11 nitrogen and oxygen atoms in total. The molecule has 3 aliphatic rings. The van der Waals surface area contributed by atoms with Crippen molar-refractivity contribution >= 4 is 49.6 Å². The molecule has 42 heavy (non-hydrogen) atoms. The van der Waals surface area contributed by atoms with Crippen molar-refractivity contribution in [2.24, 2.45) is 5.41 Å². The lowest BCUT2D eigenvalue weighted by Crippen LogP contribution is -2.58. The number of benzene rings is 1. The molecular weight excluding hydrogens is 578 g/mol. The summed E-state index contributed by atoms with van der Waals surface area (Å²) < 4.78 is 15.4. The number of nitriles is 1. The third kappa shape index (κ3) is 4.60. The Labute approximate surface area is 250 Å². The van der Waals surface area contributed by atoms with Crippen LogP contribution in [0.1, 0.15) is 23.9 Å². The normalized spacial score (nSPS) is 18.5. The molecule has 4 aromatic rings. The summed E-state index contributed by atoms with van der Waals surface area (Å²) in [7, 11) is 1.91. The van der Waals surface area contributed by atoms with Gasteiger partial charge in [-0.05, 0) is 43.7 Å². The van der Waals surface area contributed by atoms with Gasteiger partial charge in [0.25, 0.3) is 0 Å². The van der Waals surface area contributed by atoms with E-state index in [9.17, 15) is 19.6 Å². The van der Waals surface area contributed by atoms with Crippen molar-refractivity contribution in [2.75, 3.05) is 62.7 Å². The fourth-order valence-corrected chi connectivity index (χ4v) is 7.92. The number of aryl methyl sites for hydroxylation is 1. The summed E-state index contributed by atoms with van der Waals surface area (Å²) in [6.07, 6.45) is 1.39. The van der Waals surface area contributed by atoms with E-state index in [1.54, 1.807) is 28.4 Å². The second kappa shape index (κ2) is 10.3. The molecule has 0 aliphatic carbocycles. The van der Waals surface area contributed by atoms with Crippen molar-refractivity contribution in [1.29, 1.82) is 5.26 Å². The molecule has 1 N–H and O–H groups in total. The van der Waals surface area contributed by atoms with Crippen LogP contribution in [-0.4, -0.2) is 99.4 Å². The van der Waals surface area contributed by atoms with E-state index in [1.807, 2.05) is 16.5 Å². The van der Waals surface area contributed by atoms with E-state index < -0.39 is 0 Å².